The van der Waals surface area contributed by atoms with Gasteiger partial charge in [0.15, 0.2) is 0 Å². The first-order valence-corrected chi connectivity index (χ1v) is 8.22. The smallest absolute Gasteiger partial charge is 0.226 e. The van der Waals surface area contributed by atoms with Crippen LogP contribution in [0.15, 0.2) is 73.3 Å². The summed E-state index contributed by atoms with van der Waals surface area (Å²) < 4.78 is 0. The average molecular weight is 307 g/mol. The molecule has 0 aliphatic carbocycles. The van der Waals surface area contributed by atoms with E-state index in [0.717, 1.165) is 24.0 Å². The highest BCUT2D eigenvalue weighted by molar-refractivity contribution is 5.79. The van der Waals surface area contributed by atoms with E-state index in [0.29, 0.717) is 13.1 Å². The number of carbonyl (C=O) groups excluding carboxylic acids is 1. The third-order valence-corrected chi connectivity index (χ3v) is 4.04. The second kappa shape index (κ2) is 8.94. The molecule has 1 unspecified atom stereocenters. The molecule has 0 spiro atoms. The van der Waals surface area contributed by atoms with Crippen molar-refractivity contribution in [1.29, 1.82) is 0 Å². The molecule has 23 heavy (non-hydrogen) atoms. The minimum absolute atomic E-state index is 0.0138. The molecular weight excluding hydrogens is 282 g/mol. The van der Waals surface area contributed by atoms with Crippen LogP contribution in [0.25, 0.3) is 0 Å². The molecule has 1 amide bonds. The standard InChI is InChI=1S/C21H25NO/c1-3-11-20(4-2)21(23)22(16-18-12-7-5-8-13-18)17-19-14-9-6-10-15-19/h3,5-10,12-15,20H,1,4,11,16-17H2,2H3. The van der Waals surface area contributed by atoms with Crippen molar-refractivity contribution in [3.05, 3.63) is 84.4 Å². The summed E-state index contributed by atoms with van der Waals surface area (Å²) in [6, 6.07) is 20.3. The van der Waals surface area contributed by atoms with Crippen LogP contribution in [0, 0.1) is 5.92 Å². The molecule has 0 heterocycles. The summed E-state index contributed by atoms with van der Waals surface area (Å²) >= 11 is 0. The third-order valence-electron chi connectivity index (χ3n) is 4.04. The van der Waals surface area contributed by atoms with Crippen molar-refractivity contribution in [1.82, 2.24) is 4.90 Å². The zero-order valence-corrected chi connectivity index (χ0v) is 13.8. The second-order valence-electron chi connectivity index (χ2n) is 5.80. The van der Waals surface area contributed by atoms with Crippen molar-refractivity contribution in [2.24, 2.45) is 5.92 Å². The van der Waals surface area contributed by atoms with E-state index in [2.05, 4.69) is 37.8 Å². The summed E-state index contributed by atoms with van der Waals surface area (Å²) in [5.74, 6) is 0.222. The van der Waals surface area contributed by atoms with Gasteiger partial charge in [0.25, 0.3) is 0 Å². The molecule has 0 aromatic heterocycles. The maximum atomic E-state index is 13.0. The molecule has 0 radical (unpaired) electrons. The van der Waals surface area contributed by atoms with Crippen molar-refractivity contribution < 1.29 is 4.79 Å². The molecule has 2 nitrogen and oxygen atoms in total. The normalized spacial score (nSPS) is 11.7. The zero-order valence-electron chi connectivity index (χ0n) is 13.8. The maximum Gasteiger partial charge on any atom is 0.226 e. The Hall–Kier alpha value is -2.35. The third kappa shape index (κ3) is 5.10. The van der Waals surface area contributed by atoms with Gasteiger partial charge in [-0.2, -0.15) is 0 Å². The first-order valence-electron chi connectivity index (χ1n) is 8.22. The molecule has 0 fully saturated rings. The maximum absolute atomic E-state index is 13.0. The van der Waals surface area contributed by atoms with Gasteiger partial charge in [-0.3, -0.25) is 4.79 Å². The van der Waals surface area contributed by atoms with Crippen molar-refractivity contribution in [2.45, 2.75) is 32.9 Å². The summed E-state index contributed by atoms with van der Waals surface area (Å²) in [4.78, 5) is 14.9. The number of hydrogen-bond donors (Lipinski definition) is 0. The molecular formula is C21H25NO. The van der Waals surface area contributed by atoms with Gasteiger partial charge in [0.05, 0.1) is 0 Å². The molecule has 2 rings (SSSR count). The van der Waals surface area contributed by atoms with E-state index >= 15 is 0 Å². The largest absolute Gasteiger partial charge is 0.334 e. The number of nitrogens with zero attached hydrogens (tertiary/aromatic N) is 1. The summed E-state index contributed by atoms with van der Waals surface area (Å²) in [5, 5.41) is 0. The molecule has 120 valence electrons. The van der Waals surface area contributed by atoms with Crippen LogP contribution < -0.4 is 0 Å². The highest BCUT2D eigenvalue weighted by Crippen LogP contribution is 2.18. The number of rotatable bonds is 8. The fourth-order valence-corrected chi connectivity index (χ4v) is 2.72. The lowest BCUT2D eigenvalue weighted by molar-refractivity contribution is -0.136. The Balaban J connectivity index is 2.19. The molecule has 0 aliphatic rings. The molecule has 1 atom stereocenters. The van der Waals surface area contributed by atoms with Gasteiger partial charge < -0.3 is 4.90 Å². The summed E-state index contributed by atoms with van der Waals surface area (Å²) in [6.07, 6.45) is 3.41. The quantitative estimate of drug-likeness (QED) is 0.640. The molecule has 0 N–H and O–H groups in total. The topological polar surface area (TPSA) is 20.3 Å². The minimum Gasteiger partial charge on any atom is -0.334 e. The second-order valence-corrected chi connectivity index (χ2v) is 5.80. The highest BCUT2D eigenvalue weighted by atomic mass is 16.2. The van der Waals surface area contributed by atoms with E-state index in [1.54, 1.807) is 0 Å². The van der Waals surface area contributed by atoms with E-state index < -0.39 is 0 Å². The molecule has 0 bridgehead atoms. The van der Waals surface area contributed by atoms with E-state index in [-0.39, 0.29) is 11.8 Å². The van der Waals surface area contributed by atoms with Gasteiger partial charge in [0.1, 0.15) is 0 Å². The number of allylic oxidation sites excluding steroid dienone is 1. The summed E-state index contributed by atoms with van der Waals surface area (Å²) in [7, 11) is 0. The van der Waals surface area contributed by atoms with Gasteiger partial charge >= 0.3 is 0 Å². The lowest BCUT2D eigenvalue weighted by atomic mass is 10.00. The Bertz CT molecular complexity index is 565. The lowest BCUT2D eigenvalue weighted by Gasteiger charge is -2.27. The van der Waals surface area contributed by atoms with Crippen molar-refractivity contribution in [3.63, 3.8) is 0 Å². The van der Waals surface area contributed by atoms with Gasteiger partial charge in [0.2, 0.25) is 5.91 Å². The Morgan fingerprint density at radius 1 is 1.00 bits per heavy atom. The van der Waals surface area contributed by atoms with Crippen LogP contribution in [-0.2, 0) is 17.9 Å². The van der Waals surface area contributed by atoms with Crippen LogP contribution in [0.3, 0.4) is 0 Å². The minimum atomic E-state index is 0.0138. The Morgan fingerprint density at radius 3 is 1.87 bits per heavy atom. The number of carbonyl (C=O) groups is 1. The summed E-state index contributed by atoms with van der Waals surface area (Å²) in [5.41, 5.74) is 2.32. The van der Waals surface area contributed by atoms with Crippen LogP contribution in [0.1, 0.15) is 30.9 Å². The predicted octanol–water partition coefficient (Wildman–Crippen LogP) is 4.82. The summed E-state index contributed by atoms with van der Waals surface area (Å²) in [6.45, 7) is 7.13. The van der Waals surface area contributed by atoms with Crippen LogP contribution in [-0.4, -0.2) is 10.8 Å². The van der Waals surface area contributed by atoms with Crippen molar-refractivity contribution in [3.8, 4) is 0 Å². The number of benzene rings is 2. The zero-order chi connectivity index (χ0) is 16.5. The van der Waals surface area contributed by atoms with E-state index in [9.17, 15) is 4.79 Å². The fraction of sp³-hybridized carbons (Fsp3) is 0.286. The molecule has 2 aromatic rings. The molecule has 0 saturated heterocycles. The lowest BCUT2D eigenvalue weighted by Crippen LogP contribution is -2.35. The monoisotopic (exact) mass is 307 g/mol. The van der Waals surface area contributed by atoms with Gasteiger partial charge in [-0.1, -0.05) is 73.7 Å². The molecule has 0 aliphatic heterocycles. The highest BCUT2D eigenvalue weighted by Gasteiger charge is 2.22. The average Bonchev–Trinajstić information content (AvgIpc) is 2.60. The fourth-order valence-electron chi connectivity index (χ4n) is 2.72. The Morgan fingerprint density at radius 2 is 1.48 bits per heavy atom. The van der Waals surface area contributed by atoms with Gasteiger partial charge in [-0.25, -0.2) is 0 Å². The Kier molecular flexibility index (Phi) is 6.61. The number of hydrogen-bond acceptors (Lipinski definition) is 1. The van der Waals surface area contributed by atoms with E-state index in [4.69, 9.17) is 0 Å². The SMILES string of the molecule is C=CCC(CC)C(=O)N(Cc1ccccc1)Cc1ccccc1. The predicted molar refractivity (Wildman–Crippen MR) is 95.7 cm³/mol. The van der Waals surface area contributed by atoms with Crippen molar-refractivity contribution >= 4 is 5.91 Å². The number of amides is 1. The van der Waals surface area contributed by atoms with E-state index in [1.165, 1.54) is 0 Å². The first-order chi connectivity index (χ1) is 11.2. The van der Waals surface area contributed by atoms with Crippen LogP contribution in [0.5, 0.6) is 0 Å². The van der Waals surface area contributed by atoms with Crippen LogP contribution in [0.2, 0.25) is 0 Å². The molecule has 2 aromatic carbocycles. The van der Waals surface area contributed by atoms with Crippen LogP contribution in [0.4, 0.5) is 0 Å². The van der Waals surface area contributed by atoms with Crippen molar-refractivity contribution in [2.75, 3.05) is 0 Å². The first kappa shape index (κ1) is 17.0. The molecule has 0 saturated carbocycles. The van der Waals surface area contributed by atoms with Gasteiger partial charge in [-0.05, 0) is 24.0 Å². The van der Waals surface area contributed by atoms with Gasteiger partial charge in [-0.15, -0.1) is 6.58 Å². The van der Waals surface area contributed by atoms with Crippen LogP contribution >= 0.6 is 0 Å². The van der Waals surface area contributed by atoms with E-state index in [1.807, 2.05) is 47.4 Å². The Labute approximate surface area is 139 Å². The van der Waals surface area contributed by atoms with Gasteiger partial charge in [0, 0.05) is 19.0 Å². The molecule has 2 heteroatoms.